The maximum Gasteiger partial charge on any atom is 0.274 e. The van der Waals surface area contributed by atoms with E-state index < -0.39 is 0 Å². The van der Waals surface area contributed by atoms with Crippen molar-refractivity contribution in [2.75, 3.05) is 0 Å². The summed E-state index contributed by atoms with van der Waals surface area (Å²) in [4.78, 5) is 20.9. The van der Waals surface area contributed by atoms with Crippen LogP contribution in [0.1, 0.15) is 29.0 Å². The van der Waals surface area contributed by atoms with Crippen LogP contribution in [0.25, 0.3) is 22.1 Å². The second-order valence-electron chi connectivity index (χ2n) is 6.07. The predicted octanol–water partition coefficient (Wildman–Crippen LogP) is 4.38. The Labute approximate surface area is 150 Å². The number of aromatic nitrogens is 2. The molecule has 4 aromatic rings. The number of carbonyl (C=O) groups excluding carboxylic acids is 1. The third-order valence-corrected chi connectivity index (χ3v) is 4.33. The first kappa shape index (κ1) is 16.0. The molecule has 0 radical (unpaired) electrons. The molecule has 0 spiro atoms. The minimum atomic E-state index is -0.279. The zero-order valence-electron chi connectivity index (χ0n) is 14.2. The lowest BCUT2D eigenvalue weighted by Gasteiger charge is -2.13. The molecule has 4 rings (SSSR count). The van der Waals surface area contributed by atoms with Gasteiger partial charge in [-0.1, -0.05) is 42.5 Å². The van der Waals surface area contributed by atoms with Gasteiger partial charge >= 0.3 is 0 Å². The molecular weight excluding hydrogens is 326 g/mol. The van der Waals surface area contributed by atoms with Crippen molar-refractivity contribution in [3.8, 4) is 11.3 Å². The number of fused-ring (bicyclic) bond motifs is 1. The van der Waals surface area contributed by atoms with Crippen LogP contribution in [-0.4, -0.2) is 15.9 Å². The highest BCUT2D eigenvalue weighted by Gasteiger charge is 2.20. The maximum absolute atomic E-state index is 12.7. The quantitative estimate of drug-likeness (QED) is 0.597. The summed E-state index contributed by atoms with van der Waals surface area (Å²) in [5.41, 5.74) is 2.02. The standard InChI is InChI=1S/C21H17N3O2/c1-14(18-7-4-10-22-12-18)24-21(25)19-20(26-13-23-19)17-9-8-15-5-2-3-6-16(15)11-17/h2-14H,1H3,(H,24,25). The van der Waals surface area contributed by atoms with Crippen LogP contribution in [0, 0.1) is 0 Å². The van der Waals surface area contributed by atoms with E-state index in [1.807, 2.05) is 61.5 Å². The molecule has 0 saturated heterocycles. The molecular formula is C21H17N3O2. The molecule has 5 heteroatoms. The average Bonchev–Trinajstić information content (AvgIpc) is 3.18. The topological polar surface area (TPSA) is 68.0 Å². The van der Waals surface area contributed by atoms with Crippen LogP contribution in [0.3, 0.4) is 0 Å². The van der Waals surface area contributed by atoms with Gasteiger partial charge < -0.3 is 9.73 Å². The van der Waals surface area contributed by atoms with Crippen LogP contribution in [-0.2, 0) is 0 Å². The number of hydrogen-bond donors (Lipinski definition) is 1. The molecule has 1 atom stereocenters. The molecule has 1 N–H and O–H groups in total. The van der Waals surface area contributed by atoms with Gasteiger partial charge in [0.1, 0.15) is 0 Å². The van der Waals surface area contributed by atoms with E-state index in [4.69, 9.17) is 4.42 Å². The number of amides is 1. The first-order chi connectivity index (χ1) is 12.7. The van der Waals surface area contributed by atoms with Crippen molar-refractivity contribution in [3.63, 3.8) is 0 Å². The highest BCUT2D eigenvalue weighted by molar-refractivity contribution is 5.99. The SMILES string of the molecule is CC(NC(=O)c1ncoc1-c1ccc2ccccc2c1)c1cccnc1. The molecule has 2 aromatic heterocycles. The van der Waals surface area contributed by atoms with Crippen molar-refractivity contribution in [1.29, 1.82) is 0 Å². The Morgan fingerprint density at radius 1 is 1.08 bits per heavy atom. The lowest BCUT2D eigenvalue weighted by Crippen LogP contribution is -2.27. The number of benzene rings is 2. The fraction of sp³-hybridized carbons (Fsp3) is 0.0952. The van der Waals surface area contributed by atoms with Crippen molar-refractivity contribution in [2.24, 2.45) is 0 Å². The van der Waals surface area contributed by atoms with E-state index in [0.717, 1.165) is 21.9 Å². The monoisotopic (exact) mass is 343 g/mol. The smallest absolute Gasteiger partial charge is 0.274 e. The molecule has 0 aliphatic carbocycles. The number of nitrogens with zero attached hydrogens (tertiary/aromatic N) is 2. The van der Waals surface area contributed by atoms with Gasteiger partial charge in [-0.05, 0) is 35.4 Å². The van der Waals surface area contributed by atoms with Crippen molar-refractivity contribution in [1.82, 2.24) is 15.3 Å². The third kappa shape index (κ3) is 3.07. The largest absolute Gasteiger partial charge is 0.443 e. The zero-order valence-corrected chi connectivity index (χ0v) is 14.2. The molecule has 2 aromatic carbocycles. The lowest BCUT2D eigenvalue weighted by molar-refractivity contribution is 0.0935. The van der Waals surface area contributed by atoms with Crippen molar-refractivity contribution in [2.45, 2.75) is 13.0 Å². The summed E-state index contributed by atoms with van der Waals surface area (Å²) < 4.78 is 5.52. The number of hydrogen-bond acceptors (Lipinski definition) is 4. The third-order valence-electron chi connectivity index (χ3n) is 4.33. The molecule has 1 amide bonds. The van der Waals surface area contributed by atoms with E-state index in [2.05, 4.69) is 15.3 Å². The number of pyridine rings is 1. The summed E-state index contributed by atoms with van der Waals surface area (Å²) in [5, 5.41) is 5.16. The average molecular weight is 343 g/mol. The van der Waals surface area contributed by atoms with Gasteiger partial charge in [0.15, 0.2) is 17.8 Å². The highest BCUT2D eigenvalue weighted by Crippen LogP contribution is 2.27. The van der Waals surface area contributed by atoms with E-state index in [0.29, 0.717) is 5.76 Å². The van der Waals surface area contributed by atoms with Crippen LogP contribution >= 0.6 is 0 Å². The van der Waals surface area contributed by atoms with E-state index in [-0.39, 0.29) is 17.6 Å². The molecule has 0 aliphatic rings. The van der Waals surface area contributed by atoms with Crippen molar-refractivity contribution >= 4 is 16.7 Å². The summed E-state index contributed by atoms with van der Waals surface area (Å²) in [6, 6.07) is 17.6. The van der Waals surface area contributed by atoms with Crippen LogP contribution in [0.15, 0.2) is 77.8 Å². The molecule has 5 nitrogen and oxygen atoms in total. The lowest BCUT2D eigenvalue weighted by atomic mass is 10.0. The van der Waals surface area contributed by atoms with Crippen LogP contribution in [0.5, 0.6) is 0 Å². The second-order valence-corrected chi connectivity index (χ2v) is 6.07. The van der Waals surface area contributed by atoms with Crippen LogP contribution in [0.2, 0.25) is 0 Å². The number of rotatable bonds is 4. The summed E-state index contributed by atoms with van der Waals surface area (Å²) >= 11 is 0. The zero-order chi connectivity index (χ0) is 17.9. The first-order valence-corrected chi connectivity index (χ1v) is 8.36. The number of carbonyl (C=O) groups is 1. The summed E-state index contributed by atoms with van der Waals surface area (Å²) in [5.74, 6) is 0.185. The minimum Gasteiger partial charge on any atom is -0.443 e. The van der Waals surface area contributed by atoms with Gasteiger partial charge in [0, 0.05) is 18.0 Å². The highest BCUT2D eigenvalue weighted by atomic mass is 16.3. The Morgan fingerprint density at radius 3 is 2.73 bits per heavy atom. The second kappa shape index (κ2) is 6.80. The van der Waals surface area contributed by atoms with Crippen molar-refractivity contribution in [3.05, 3.63) is 84.6 Å². The molecule has 0 fully saturated rings. The van der Waals surface area contributed by atoms with E-state index in [1.165, 1.54) is 6.39 Å². The minimum absolute atomic E-state index is 0.183. The first-order valence-electron chi connectivity index (χ1n) is 8.36. The van der Waals surface area contributed by atoms with Gasteiger partial charge in [-0.25, -0.2) is 4.98 Å². The predicted molar refractivity (Wildman–Crippen MR) is 99.6 cm³/mol. The molecule has 1 unspecified atom stereocenters. The van der Waals surface area contributed by atoms with Crippen molar-refractivity contribution < 1.29 is 9.21 Å². The molecule has 2 heterocycles. The van der Waals surface area contributed by atoms with Crippen LogP contribution < -0.4 is 5.32 Å². The maximum atomic E-state index is 12.7. The van der Waals surface area contributed by atoms with E-state index >= 15 is 0 Å². The molecule has 26 heavy (non-hydrogen) atoms. The summed E-state index contributed by atoms with van der Waals surface area (Å²) in [6.07, 6.45) is 4.74. The van der Waals surface area contributed by atoms with Crippen LogP contribution in [0.4, 0.5) is 0 Å². The van der Waals surface area contributed by atoms with E-state index in [1.54, 1.807) is 12.4 Å². The van der Waals surface area contributed by atoms with Gasteiger partial charge in [-0.2, -0.15) is 0 Å². The van der Waals surface area contributed by atoms with E-state index in [9.17, 15) is 4.79 Å². The number of nitrogens with one attached hydrogen (secondary N) is 1. The Morgan fingerprint density at radius 2 is 1.92 bits per heavy atom. The summed E-state index contributed by atoms with van der Waals surface area (Å²) in [7, 11) is 0. The molecule has 0 bridgehead atoms. The number of oxazole rings is 1. The molecule has 0 aliphatic heterocycles. The van der Waals surface area contributed by atoms with Gasteiger partial charge in [-0.3, -0.25) is 9.78 Å². The van der Waals surface area contributed by atoms with Gasteiger partial charge in [-0.15, -0.1) is 0 Å². The Hall–Kier alpha value is -3.47. The normalized spacial score (nSPS) is 12.0. The Bertz CT molecular complexity index is 1060. The van der Waals surface area contributed by atoms with Gasteiger partial charge in [0.2, 0.25) is 0 Å². The Balaban J connectivity index is 1.62. The molecule has 128 valence electrons. The summed E-state index contributed by atoms with van der Waals surface area (Å²) in [6.45, 7) is 1.91. The fourth-order valence-corrected chi connectivity index (χ4v) is 2.92. The Kier molecular flexibility index (Phi) is 4.19. The van der Waals surface area contributed by atoms with Gasteiger partial charge in [0.05, 0.1) is 6.04 Å². The molecule has 0 saturated carbocycles. The van der Waals surface area contributed by atoms with Gasteiger partial charge in [0.25, 0.3) is 5.91 Å². The fourth-order valence-electron chi connectivity index (χ4n) is 2.92.